The maximum Gasteiger partial charge on any atom is 0.0547 e. The standard InChI is InChI=1S/C8H16.2C8H14.2C7H14O.CH4.FH/c3*1-7-3-5-8(2)6-4-7;2*1-6-3-4-7(2)8-5-6;;/h7-8H,3-6H2,1-2H3;2*3,8H,4-6H2,1-2H3;2*6-7H,3-5H2,1-2H3;1H4;1H. The van der Waals surface area contributed by atoms with Gasteiger partial charge < -0.3 is 9.47 Å². The summed E-state index contributed by atoms with van der Waals surface area (Å²) in [4.78, 5) is 0. The summed E-state index contributed by atoms with van der Waals surface area (Å²) in [5, 5.41) is 0. The Bertz CT molecular complexity index is 556. The molecule has 0 aromatic rings. The molecule has 2 nitrogen and oxygen atoms in total. The molecule has 3 aliphatic carbocycles. The highest BCUT2D eigenvalue weighted by Gasteiger charge is 2.15. The van der Waals surface area contributed by atoms with Crippen LogP contribution in [0.15, 0.2) is 23.3 Å². The molecule has 3 heteroatoms. The van der Waals surface area contributed by atoms with E-state index in [0.717, 1.165) is 48.7 Å². The first-order valence-electron chi connectivity index (χ1n) is 17.5. The lowest BCUT2D eigenvalue weighted by Crippen LogP contribution is -2.21. The van der Waals surface area contributed by atoms with E-state index in [0.29, 0.717) is 12.2 Å². The minimum Gasteiger partial charge on any atom is -0.378 e. The molecule has 0 aromatic carbocycles. The maximum atomic E-state index is 5.39. The van der Waals surface area contributed by atoms with Gasteiger partial charge in [-0.1, -0.05) is 98.0 Å². The van der Waals surface area contributed by atoms with E-state index in [9.17, 15) is 0 Å². The van der Waals surface area contributed by atoms with E-state index in [-0.39, 0.29) is 12.1 Å². The van der Waals surface area contributed by atoms with Crippen LogP contribution in [0, 0.1) is 35.5 Å². The highest BCUT2D eigenvalue weighted by molar-refractivity contribution is 5.02. The lowest BCUT2D eigenvalue weighted by molar-refractivity contribution is 0.000174. The van der Waals surface area contributed by atoms with Crippen molar-refractivity contribution in [2.75, 3.05) is 13.2 Å². The van der Waals surface area contributed by atoms with Crippen LogP contribution in [0.1, 0.15) is 167 Å². The zero-order valence-corrected chi connectivity index (χ0v) is 29.3. The first kappa shape index (κ1) is 43.5. The Hall–Kier alpha value is -0.670. The number of halogens is 1. The van der Waals surface area contributed by atoms with E-state index >= 15 is 0 Å². The molecule has 0 spiro atoms. The van der Waals surface area contributed by atoms with E-state index in [1.54, 1.807) is 11.1 Å². The second kappa shape index (κ2) is 25.6. The van der Waals surface area contributed by atoms with Crippen LogP contribution >= 0.6 is 0 Å². The van der Waals surface area contributed by atoms with Crippen LogP contribution in [0.5, 0.6) is 0 Å². The number of rotatable bonds is 0. The summed E-state index contributed by atoms with van der Waals surface area (Å²) in [6, 6.07) is 0. The lowest BCUT2D eigenvalue weighted by Gasteiger charge is -2.23. The molecule has 5 rings (SSSR count). The number of hydrogen-bond acceptors (Lipinski definition) is 2. The predicted octanol–water partition coefficient (Wildman–Crippen LogP) is 12.8. The molecule has 5 aliphatic rings. The summed E-state index contributed by atoms with van der Waals surface area (Å²) < 4.78 is 10.8. The predicted molar refractivity (Wildman–Crippen MR) is 187 cm³/mol. The van der Waals surface area contributed by atoms with Crippen molar-refractivity contribution in [1.29, 1.82) is 0 Å². The number of allylic oxidation sites excluding steroid dienone is 4. The topological polar surface area (TPSA) is 18.5 Å². The molecule has 2 saturated heterocycles. The zero-order chi connectivity index (χ0) is 29.9. The highest BCUT2D eigenvalue weighted by Crippen LogP contribution is 2.27. The molecule has 3 fully saturated rings. The van der Waals surface area contributed by atoms with Crippen LogP contribution in [-0.4, -0.2) is 25.4 Å². The quantitative estimate of drug-likeness (QED) is 0.259. The lowest BCUT2D eigenvalue weighted by atomic mass is 9.84. The average molecular weight is 597 g/mol. The van der Waals surface area contributed by atoms with Crippen molar-refractivity contribution in [2.45, 2.75) is 179 Å². The van der Waals surface area contributed by atoms with Gasteiger partial charge in [0.2, 0.25) is 0 Å². The molecular weight excluding hydrogens is 519 g/mol. The van der Waals surface area contributed by atoms with Crippen LogP contribution in [0.4, 0.5) is 4.70 Å². The first-order chi connectivity index (χ1) is 18.9. The first-order valence-corrected chi connectivity index (χ1v) is 17.5. The Balaban J connectivity index is 0. The van der Waals surface area contributed by atoms with Crippen LogP contribution in [0.3, 0.4) is 0 Å². The van der Waals surface area contributed by atoms with Crippen LogP contribution in [0.2, 0.25) is 0 Å². The smallest absolute Gasteiger partial charge is 0.0547 e. The fraction of sp³-hybridized carbons (Fsp3) is 0.897. The third-order valence-electron chi connectivity index (χ3n) is 9.57. The third kappa shape index (κ3) is 23.7. The van der Waals surface area contributed by atoms with E-state index in [4.69, 9.17) is 9.47 Å². The van der Waals surface area contributed by atoms with Gasteiger partial charge in [0.05, 0.1) is 12.2 Å². The highest BCUT2D eigenvalue weighted by atomic mass is 19.0. The van der Waals surface area contributed by atoms with Crippen molar-refractivity contribution in [2.24, 2.45) is 35.5 Å². The van der Waals surface area contributed by atoms with Gasteiger partial charge in [0.15, 0.2) is 0 Å². The average Bonchev–Trinajstić information content (AvgIpc) is 2.94. The van der Waals surface area contributed by atoms with E-state index in [2.05, 4.69) is 81.4 Å². The van der Waals surface area contributed by atoms with Crippen molar-refractivity contribution >= 4 is 0 Å². The molecule has 6 atom stereocenters. The molecule has 6 unspecified atom stereocenters. The van der Waals surface area contributed by atoms with Gasteiger partial charge in [-0.15, -0.1) is 0 Å². The van der Waals surface area contributed by atoms with Gasteiger partial charge in [-0.25, -0.2) is 0 Å². The zero-order valence-electron chi connectivity index (χ0n) is 29.3. The van der Waals surface area contributed by atoms with Gasteiger partial charge >= 0.3 is 0 Å². The van der Waals surface area contributed by atoms with Crippen molar-refractivity contribution in [3.05, 3.63) is 23.3 Å². The Labute approximate surface area is 264 Å². The molecule has 2 heterocycles. The monoisotopic (exact) mass is 597 g/mol. The molecule has 252 valence electrons. The van der Waals surface area contributed by atoms with Gasteiger partial charge in [0.25, 0.3) is 0 Å². The van der Waals surface area contributed by atoms with Gasteiger partial charge in [0, 0.05) is 13.2 Å². The summed E-state index contributed by atoms with van der Waals surface area (Å²) >= 11 is 0. The van der Waals surface area contributed by atoms with Crippen LogP contribution < -0.4 is 0 Å². The Morgan fingerprint density at radius 1 is 0.452 bits per heavy atom. The second-order valence-corrected chi connectivity index (χ2v) is 14.9. The van der Waals surface area contributed by atoms with Crippen molar-refractivity contribution < 1.29 is 14.2 Å². The van der Waals surface area contributed by atoms with E-state index < -0.39 is 0 Å². The maximum absolute atomic E-state index is 5.39. The summed E-state index contributed by atoms with van der Waals surface area (Å²) in [5.74, 6) is 5.52. The van der Waals surface area contributed by atoms with Crippen molar-refractivity contribution in [1.82, 2.24) is 0 Å². The Morgan fingerprint density at radius 3 is 0.952 bits per heavy atom. The molecule has 0 aromatic heterocycles. The summed E-state index contributed by atoms with van der Waals surface area (Å²) in [6.07, 6.45) is 25.0. The number of hydrogen-bond donors (Lipinski definition) is 0. The van der Waals surface area contributed by atoms with E-state index in [1.165, 1.54) is 89.9 Å². The van der Waals surface area contributed by atoms with Crippen LogP contribution in [0.25, 0.3) is 0 Å². The summed E-state index contributed by atoms with van der Waals surface area (Å²) in [5.41, 5.74) is 3.17. The third-order valence-corrected chi connectivity index (χ3v) is 9.57. The van der Waals surface area contributed by atoms with Gasteiger partial charge in [-0.05, 0) is 127 Å². The van der Waals surface area contributed by atoms with Crippen molar-refractivity contribution in [3.63, 3.8) is 0 Å². The Kier molecular flexibility index (Phi) is 26.5. The van der Waals surface area contributed by atoms with Crippen molar-refractivity contribution in [3.8, 4) is 0 Å². The molecule has 2 aliphatic heterocycles. The molecule has 0 amide bonds. The summed E-state index contributed by atoms with van der Waals surface area (Å²) in [6.45, 7) is 24.6. The number of ether oxygens (including phenoxy) is 2. The summed E-state index contributed by atoms with van der Waals surface area (Å²) in [7, 11) is 0. The van der Waals surface area contributed by atoms with Gasteiger partial charge in [-0.2, -0.15) is 0 Å². The molecule has 42 heavy (non-hydrogen) atoms. The van der Waals surface area contributed by atoms with Gasteiger partial charge in [-0.3, -0.25) is 4.70 Å². The second-order valence-electron chi connectivity index (χ2n) is 14.9. The largest absolute Gasteiger partial charge is 0.378 e. The SMILES string of the molecule is C.CC1=CCC(C)CC1.CC1=CCC(C)CC1.CC1CCC(C)CC1.CC1CCC(C)OC1.CC1CCC(C)OC1.F. The van der Waals surface area contributed by atoms with E-state index in [1.807, 2.05) is 0 Å². The van der Waals surface area contributed by atoms with Crippen LogP contribution in [-0.2, 0) is 9.47 Å². The fourth-order valence-corrected chi connectivity index (χ4v) is 5.65. The van der Waals surface area contributed by atoms with Gasteiger partial charge in [0.1, 0.15) is 0 Å². The molecule has 1 saturated carbocycles. The normalized spacial score (nSPS) is 34.0. The molecular formula is C39H77FO2. The minimum absolute atomic E-state index is 0. The minimum atomic E-state index is 0. The fourth-order valence-electron chi connectivity index (χ4n) is 5.65. The molecule has 0 radical (unpaired) electrons. The Morgan fingerprint density at radius 2 is 0.762 bits per heavy atom. The molecule has 0 N–H and O–H groups in total. The molecule has 0 bridgehead atoms.